The molecule has 7 heteroatoms. The molecule has 0 radical (unpaired) electrons. The van der Waals surface area contributed by atoms with Gasteiger partial charge in [-0.2, -0.15) is 15.0 Å². The first-order valence-corrected chi connectivity index (χ1v) is 5.90. The van der Waals surface area contributed by atoms with E-state index >= 15 is 0 Å². The third-order valence-corrected chi connectivity index (χ3v) is 2.74. The summed E-state index contributed by atoms with van der Waals surface area (Å²) in [6.07, 6.45) is 1.67. The summed E-state index contributed by atoms with van der Waals surface area (Å²) < 4.78 is 5.27. The fourth-order valence-electron chi connectivity index (χ4n) is 1.64. The van der Waals surface area contributed by atoms with Crippen molar-refractivity contribution in [3.05, 3.63) is 23.7 Å². The maximum Gasteiger partial charge on any atom is 0.231 e. The Morgan fingerprint density at radius 2 is 1.84 bits per heavy atom. The lowest BCUT2D eigenvalue weighted by Crippen LogP contribution is -2.22. The maximum atomic E-state index is 5.70. The first-order chi connectivity index (χ1) is 8.97. The van der Waals surface area contributed by atoms with Gasteiger partial charge >= 0.3 is 0 Å². The zero-order valence-electron chi connectivity index (χ0n) is 11.6. The third-order valence-electron chi connectivity index (χ3n) is 2.74. The van der Waals surface area contributed by atoms with Crippen LogP contribution in [0.3, 0.4) is 0 Å². The van der Waals surface area contributed by atoms with Crippen LogP contribution in [0.15, 0.2) is 16.7 Å². The van der Waals surface area contributed by atoms with Crippen molar-refractivity contribution in [1.29, 1.82) is 0 Å². The number of furan rings is 1. The van der Waals surface area contributed by atoms with E-state index in [1.807, 2.05) is 39.0 Å². The molecule has 0 amide bonds. The van der Waals surface area contributed by atoms with Gasteiger partial charge in [0.2, 0.25) is 17.8 Å². The smallest absolute Gasteiger partial charge is 0.231 e. The lowest BCUT2D eigenvalue weighted by atomic mass is 10.2. The Bertz CT molecular complexity index is 565. The van der Waals surface area contributed by atoms with Gasteiger partial charge in [0.25, 0.3) is 0 Å². The number of hydrogen-bond donors (Lipinski definition) is 1. The van der Waals surface area contributed by atoms with Gasteiger partial charge in [0.1, 0.15) is 5.76 Å². The average molecular weight is 262 g/mol. The van der Waals surface area contributed by atoms with Crippen molar-refractivity contribution in [2.45, 2.75) is 13.5 Å². The average Bonchev–Trinajstić information content (AvgIpc) is 2.74. The van der Waals surface area contributed by atoms with Gasteiger partial charge in [-0.1, -0.05) is 0 Å². The molecular formula is C12H18N6O. The maximum absolute atomic E-state index is 5.70. The lowest BCUT2D eigenvalue weighted by Gasteiger charge is -2.18. The second kappa shape index (κ2) is 5.13. The lowest BCUT2D eigenvalue weighted by molar-refractivity contribution is 0.529. The minimum absolute atomic E-state index is 0.212. The van der Waals surface area contributed by atoms with Crippen molar-refractivity contribution in [2.75, 3.05) is 36.7 Å². The Hall–Kier alpha value is -2.31. The summed E-state index contributed by atoms with van der Waals surface area (Å²) >= 11 is 0. The summed E-state index contributed by atoms with van der Waals surface area (Å²) in [4.78, 5) is 16.3. The number of nitrogens with zero attached hydrogens (tertiary/aromatic N) is 5. The highest BCUT2D eigenvalue weighted by Gasteiger charge is 2.12. The summed E-state index contributed by atoms with van der Waals surface area (Å²) in [5.41, 5.74) is 6.79. The summed E-state index contributed by atoms with van der Waals surface area (Å²) in [7, 11) is 5.62. The summed E-state index contributed by atoms with van der Waals surface area (Å²) in [6, 6.07) is 1.93. The molecule has 0 saturated carbocycles. The highest BCUT2D eigenvalue weighted by Crippen LogP contribution is 2.17. The molecule has 0 aromatic carbocycles. The van der Waals surface area contributed by atoms with Gasteiger partial charge in [0, 0.05) is 33.3 Å². The number of aromatic nitrogens is 3. The minimum Gasteiger partial charge on any atom is -0.469 e. The fourth-order valence-corrected chi connectivity index (χ4v) is 1.64. The molecule has 0 aliphatic rings. The molecule has 102 valence electrons. The Kier molecular flexibility index (Phi) is 3.55. The van der Waals surface area contributed by atoms with Crippen molar-refractivity contribution in [3.63, 3.8) is 0 Å². The molecule has 7 nitrogen and oxygen atoms in total. The molecule has 0 unspecified atom stereocenters. The standard InChI is InChI=1S/C12H18N6O/c1-8-9(5-6-19-8)7-18(4)12-15-10(13)14-11(16-12)17(2)3/h5-6H,7H2,1-4H3,(H2,13,14,15,16). The van der Waals surface area contributed by atoms with E-state index in [9.17, 15) is 0 Å². The topological polar surface area (TPSA) is 84.3 Å². The number of hydrogen-bond acceptors (Lipinski definition) is 7. The van der Waals surface area contributed by atoms with Crippen molar-refractivity contribution >= 4 is 17.8 Å². The van der Waals surface area contributed by atoms with E-state index in [0.29, 0.717) is 18.4 Å². The monoisotopic (exact) mass is 262 g/mol. The van der Waals surface area contributed by atoms with Gasteiger partial charge < -0.3 is 20.0 Å². The van der Waals surface area contributed by atoms with Crippen LogP contribution in [-0.2, 0) is 6.54 Å². The summed E-state index contributed by atoms with van der Waals surface area (Å²) in [5.74, 6) is 2.18. The van der Waals surface area contributed by atoms with Crippen LogP contribution < -0.4 is 15.5 Å². The van der Waals surface area contributed by atoms with E-state index < -0.39 is 0 Å². The van der Waals surface area contributed by atoms with E-state index in [4.69, 9.17) is 10.2 Å². The second-order valence-corrected chi connectivity index (χ2v) is 4.55. The van der Waals surface area contributed by atoms with Gasteiger partial charge in [-0.05, 0) is 13.0 Å². The van der Waals surface area contributed by atoms with Crippen molar-refractivity contribution in [1.82, 2.24) is 15.0 Å². The number of nitrogen functional groups attached to an aromatic ring is 1. The molecule has 2 N–H and O–H groups in total. The van der Waals surface area contributed by atoms with Gasteiger partial charge in [-0.25, -0.2) is 0 Å². The zero-order chi connectivity index (χ0) is 14.0. The van der Waals surface area contributed by atoms with Gasteiger partial charge in [-0.15, -0.1) is 0 Å². The summed E-state index contributed by atoms with van der Waals surface area (Å²) in [6.45, 7) is 2.58. The number of rotatable bonds is 4. The highest BCUT2D eigenvalue weighted by atomic mass is 16.3. The first kappa shape index (κ1) is 13.1. The molecule has 0 fully saturated rings. The van der Waals surface area contributed by atoms with Crippen molar-refractivity contribution in [3.8, 4) is 0 Å². The number of aryl methyl sites for hydroxylation is 1. The molecule has 0 aliphatic carbocycles. The molecule has 2 aromatic rings. The highest BCUT2D eigenvalue weighted by molar-refractivity contribution is 5.42. The molecule has 0 bridgehead atoms. The molecule has 2 heterocycles. The van der Waals surface area contributed by atoms with E-state index in [1.165, 1.54) is 0 Å². The Balaban J connectivity index is 2.23. The number of anilines is 3. The normalized spacial score (nSPS) is 10.5. The van der Waals surface area contributed by atoms with Crippen LogP contribution in [0.2, 0.25) is 0 Å². The van der Waals surface area contributed by atoms with E-state index in [1.54, 1.807) is 11.2 Å². The Morgan fingerprint density at radius 1 is 1.16 bits per heavy atom. The Morgan fingerprint density at radius 3 is 2.42 bits per heavy atom. The van der Waals surface area contributed by atoms with E-state index in [-0.39, 0.29) is 5.95 Å². The van der Waals surface area contributed by atoms with Crippen LogP contribution >= 0.6 is 0 Å². The van der Waals surface area contributed by atoms with E-state index in [0.717, 1.165) is 11.3 Å². The van der Waals surface area contributed by atoms with Crippen LogP contribution in [0.4, 0.5) is 17.8 Å². The van der Waals surface area contributed by atoms with Gasteiger partial charge in [0.15, 0.2) is 0 Å². The molecular weight excluding hydrogens is 244 g/mol. The van der Waals surface area contributed by atoms with Gasteiger partial charge in [-0.3, -0.25) is 0 Å². The summed E-state index contributed by atoms with van der Waals surface area (Å²) in [5, 5.41) is 0. The predicted molar refractivity (Wildman–Crippen MR) is 74.1 cm³/mol. The predicted octanol–water partition coefficient (Wildman–Crippen LogP) is 1.06. The van der Waals surface area contributed by atoms with Crippen LogP contribution in [-0.4, -0.2) is 36.1 Å². The van der Waals surface area contributed by atoms with Gasteiger partial charge in [0.05, 0.1) is 6.26 Å². The molecule has 0 saturated heterocycles. The number of nitrogens with two attached hydrogens (primary N) is 1. The van der Waals surface area contributed by atoms with Crippen molar-refractivity contribution < 1.29 is 4.42 Å². The second-order valence-electron chi connectivity index (χ2n) is 4.55. The molecule has 0 spiro atoms. The van der Waals surface area contributed by atoms with Crippen molar-refractivity contribution in [2.24, 2.45) is 0 Å². The molecule has 0 atom stereocenters. The van der Waals surface area contributed by atoms with Crippen LogP contribution in [0, 0.1) is 6.92 Å². The first-order valence-electron chi connectivity index (χ1n) is 5.90. The molecule has 19 heavy (non-hydrogen) atoms. The third kappa shape index (κ3) is 2.93. The quantitative estimate of drug-likeness (QED) is 0.881. The van der Waals surface area contributed by atoms with Crippen LogP contribution in [0.1, 0.15) is 11.3 Å². The Labute approximate surface area is 112 Å². The van der Waals surface area contributed by atoms with Crippen LogP contribution in [0.5, 0.6) is 0 Å². The SMILES string of the molecule is Cc1occc1CN(C)c1nc(N)nc(N(C)C)n1. The molecule has 2 aromatic heterocycles. The largest absolute Gasteiger partial charge is 0.469 e. The minimum atomic E-state index is 0.212. The zero-order valence-corrected chi connectivity index (χ0v) is 11.6. The van der Waals surface area contributed by atoms with E-state index in [2.05, 4.69) is 15.0 Å². The van der Waals surface area contributed by atoms with Crippen LogP contribution in [0.25, 0.3) is 0 Å². The molecule has 2 rings (SSSR count). The molecule has 0 aliphatic heterocycles. The fraction of sp³-hybridized carbons (Fsp3) is 0.417.